The van der Waals surface area contributed by atoms with Gasteiger partial charge in [-0.05, 0) is 89.0 Å². The molecule has 1 fully saturated rings. The average Bonchev–Trinajstić information content (AvgIpc) is 3.01. The first-order valence-corrected chi connectivity index (χ1v) is 11.1. The van der Waals surface area contributed by atoms with E-state index in [2.05, 4.69) is 22.2 Å². The highest BCUT2D eigenvalue weighted by atomic mass is 32.2. The van der Waals surface area contributed by atoms with Gasteiger partial charge in [0.1, 0.15) is 0 Å². The average molecular weight is 379 g/mol. The quantitative estimate of drug-likeness (QED) is 0.843. The van der Waals surface area contributed by atoms with Crippen molar-refractivity contribution < 1.29 is 13.2 Å². The molecule has 0 bridgehead atoms. The molecule has 1 amide bonds. The van der Waals surface area contributed by atoms with Gasteiger partial charge < -0.3 is 5.32 Å². The third-order valence-electron chi connectivity index (χ3n) is 5.59. The number of anilines is 1. The summed E-state index contributed by atoms with van der Waals surface area (Å²) in [5.41, 5.74) is 3.63. The molecule has 0 saturated heterocycles. The van der Waals surface area contributed by atoms with Crippen LogP contribution in [-0.4, -0.2) is 25.1 Å². The van der Waals surface area contributed by atoms with Crippen molar-refractivity contribution in [2.75, 3.05) is 5.32 Å². The molecule has 6 heteroatoms. The lowest BCUT2D eigenvalue weighted by atomic mass is 9.86. The van der Waals surface area contributed by atoms with E-state index >= 15 is 0 Å². The van der Waals surface area contributed by atoms with Crippen molar-refractivity contribution in [3.63, 3.8) is 0 Å². The van der Waals surface area contributed by atoms with Crippen molar-refractivity contribution in [2.45, 2.75) is 76.5 Å². The first kappa shape index (κ1) is 19.4. The van der Waals surface area contributed by atoms with Crippen molar-refractivity contribution in [1.29, 1.82) is 0 Å². The van der Waals surface area contributed by atoms with Crippen LogP contribution >= 0.6 is 0 Å². The molecule has 2 N–H and O–H groups in total. The highest BCUT2D eigenvalue weighted by Gasteiger charge is 2.34. The maximum absolute atomic E-state index is 12.6. The second-order valence-corrected chi connectivity index (χ2v) is 11.1. The van der Waals surface area contributed by atoms with Crippen LogP contribution in [0.1, 0.15) is 64.0 Å². The van der Waals surface area contributed by atoms with Gasteiger partial charge in [0, 0.05) is 17.6 Å². The van der Waals surface area contributed by atoms with E-state index in [9.17, 15) is 13.2 Å². The fraction of sp³-hybridized carbons (Fsp3) is 0.650. The number of sulfonamides is 1. The number of nitrogens with one attached hydrogen (secondary N) is 2. The zero-order valence-corrected chi connectivity index (χ0v) is 16.8. The van der Waals surface area contributed by atoms with E-state index < -0.39 is 14.8 Å². The minimum Gasteiger partial charge on any atom is -0.326 e. The molecule has 144 valence electrons. The molecule has 2 aliphatic carbocycles. The topological polar surface area (TPSA) is 75.3 Å². The summed E-state index contributed by atoms with van der Waals surface area (Å²) in [6.07, 6.45) is 6.27. The van der Waals surface area contributed by atoms with E-state index in [1.165, 1.54) is 17.5 Å². The van der Waals surface area contributed by atoms with Gasteiger partial charge in [-0.2, -0.15) is 0 Å². The van der Waals surface area contributed by atoms with Crippen LogP contribution in [0.2, 0.25) is 0 Å². The Bertz CT molecular complexity index is 773. The van der Waals surface area contributed by atoms with Crippen LogP contribution in [0.25, 0.3) is 0 Å². The third kappa shape index (κ3) is 4.29. The number of hydrogen-bond acceptors (Lipinski definition) is 3. The first-order valence-electron chi connectivity index (χ1n) is 9.60. The number of rotatable bonds is 4. The van der Waals surface area contributed by atoms with Crippen LogP contribution < -0.4 is 10.0 Å². The predicted molar refractivity (Wildman–Crippen MR) is 105 cm³/mol. The van der Waals surface area contributed by atoms with Gasteiger partial charge in [-0.1, -0.05) is 6.07 Å². The molecule has 2 aliphatic rings. The lowest BCUT2D eigenvalue weighted by Crippen LogP contribution is -2.46. The van der Waals surface area contributed by atoms with Gasteiger partial charge in [0.2, 0.25) is 15.9 Å². The summed E-state index contributed by atoms with van der Waals surface area (Å²) in [6.45, 7) is 5.10. The SMILES string of the molecule is CC(C)(C)S(=O)(=O)NC1CCC(C(=O)Nc2ccc3c(c2)CCC3)CC1. The van der Waals surface area contributed by atoms with Gasteiger partial charge in [-0.3, -0.25) is 4.79 Å². The molecule has 0 aliphatic heterocycles. The van der Waals surface area contributed by atoms with E-state index in [4.69, 9.17) is 0 Å². The van der Waals surface area contributed by atoms with E-state index in [-0.39, 0.29) is 17.9 Å². The van der Waals surface area contributed by atoms with E-state index in [1.807, 2.05) is 6.07 Å². The Balaban J connectivity index is 1.52. The summed E-state index contributed by atoms with van der Waals surface area (Å²) in [5, 5.41) is 3.05. The largest absolute Gasteiger partial charge is 0.326 e. The number of amides is 1. The summed E-state index contributed by atoms with van der Waals surface area (Å²) in [4.78, 5) is 12.6. The van der Waals surface area contributed by atoms with Gasteiger partial charge in [0.05, 0.1) is 4.75 Å². The molecule has 0 unspecified atom stereocenters. The molecule has 3 rings (SSSR count). The van der Waals surface area contributed by atoms with Crippen LogP contribution in [0.15, 0.2) is 18.2 Å². The summed E-state index contributed by atoms with van der Waals surface area (Å²) in [6, 6.07) is 6.15. The number of benzene rings is 1. The molecule has 0 aromatic heterocycles. The third-order valence-corrected chi connectivity index (χ3v) is 7.85. The molecule has 1 aromatic carbocycles. The summed E-state index contributed by atoms with van der Waals surface area (Å²) < 4.78 is 26.6. The lowest BCUT2D eigenvalue weighted by molar-refractivity contribution is -0.120. The van der Waals surface area contributed by atoms with Crippen molar-refractivity contribution in [3.8, 4) is 0 Å². The molecular weight excluding hydrogens is 348 g/mol. The minimum absolute atomic E-state index is 0.0429. The molecule has 0 spiro atoms. The predicted octanol–water partition coefficient (Wildman–Crippen LogP) is 3.39. The first-order chi connectivity index (χ1) is 12.2. The van der Waals surface area contributed by atoms with Crippen molar-refractivity contribution in [1.82, 2.24) is 4.72 Å². The molecule has 1 saturated carbocycles. The Labute approximate surface area is 157 Å². The zero-order valence-electron chi connectivity index (χ0n) is 16.0. The number of carbonyl (C=O) groups excluding carboxylic acids is 1. The summed E-state index contributed by atoms with van der Waals surface area (Å²) in [7, 11) is -3.34. The van der Waals surface area contributed by atoms with E-state index in [1.54, 1.807) is 20.8 Å². The fourth-order valence-corrected chi connectivity index (χ4v) is 4.79. The molecule has 26 heavy (non-hydrogen) atoms. The van der Waals surface area contributed by atoms with Gasteiger partial charge >= 0.3 is 0 Å². The van der Waals surface area contributed by atoms with Crippen molar-refractivity contribution >= 4 is 21.6 Å². The highest BCUT2D eigenvalue weighted by Crippen LogP contribution is 2.29. The lowest BCUT2D eigenvalue weighted by Gasteiger charge is -2.30. The van der Waals surface area contributed by atoms with Crippen LogP contribution in [0.3, 0.4) is 0 Å². The van der Waals surface area contributed by atoms with Gasteiger partial charge in [0.25, 0.3) is 0 Å². The summed E-state index contributed by atoms with van der Waals surface area (Å²) in [5.74, 6) is 0.0127. The van der Waals surface area contributed by atoms with Crippen LogP contribution in [0, 0.1) is 5.92 Å². The summed E-state index contributed by atoms with van der Waals surface area (Å²) >= 11 is 0. The van der Waals surface area contributed by atoms with Crippen molar-refractivity contribution in [3.05, 3.63) is 29.3 Å². The molecule has 1 aromatic rings. The second kappa shape index (κ2) is 7.31. The molecule has 0 radical (unpaired) electrons. The van der Waals surface area contributed by atoms with Gasteiger partial charge in [-0.25, -0.2) is 13.1 Å². The van der Waals surface area contributed by atoms with E-state index in [0.717, 1.165) is 18.5 Å². The van der Waals surface area contributed by atoms with E-state index in [0.29, 0.717) is 25.7 Å². The number of fused-ring (bicyclic) bond motifs is 1. The monoisotopic (exact) mass is 378 g/mol. The smallest absolute Gasteiger partial charge is 0.227 e. The Hall–Kier alpha value is -1.40. The van der Waals surface area contributed by atoms with Crippen LogP contribution in [-0.2, 0) is 27.7 Å². The molecule has 0 heterocycles. The molecule has 5 nitrogen and oxygen atoms in total. The zero-order chi connectivity index (χ0) is 18.9. The maximum Gasteiger partial charge on any atom is 0.227 e. The minimum atomic E-state index is -3.34. The standard InChI is InChI=1S/C20H30N2O3S/c1-20(2,3)26(24,25)22-17-10-8-15(9-11-17)19(23)21-18-12-7-14-5-4-6-16(14)13-18/h7,12-13,15,17,22H,4-6,8-11H2,1-3H3,(H,21,23). The number of aryl methyl sites for hydroxylation is 2. The van der Waals surface area contributed by atoms with Gasteiger partial charge in [-0.15, -0.1) is 0 Å². The normalized spacial score (nSPS) is 23.5. The van der Waals surface area contributed by atoms with Crippen LogP contribution in [0.4, 0.5) is 5.69 Å². The second-order valence-electron chi connectivity index (χ2n) is 8.61. The molecule has 0 atom stereocenters. The Morgan fingerprint density at radius 3 is 2.35 bits per heavy atom. The fourth-order valence-electron chi connectivity index (χ4n) is 3.76. The Morgan fingerprint density at radius 2 is 1.69 bits per heavy atom. The van der Waals surface area contributed by atoms with Crippen molar-refractivity contribution in [2.24, 2.45) is 5.92 Å². The number of hydrogen-bond donors (Lipinski definition) is 2. The molecular formula is C20H30N2O3S. The maximum atomic E-state index is 12.6. The Kier molecular flexibility index (Phi) is 5.45. The Morgan fingerprint density at radius 1 is 1.04 bits per heavy atom. The van der Waals surface area contributed by atoms with Crippen LogP contribution in [0.5, 0.6) is 0 Å². The highest BCUT2D eigenvalue weighted by molar-refractivity contribution is 7.90. The van der Waals surface area contributed by atoms with Gasteiger partial charge in [0.15, 0.2) is 0 Å². The number of carbonyl (C=O) groups is 1.